The van der Waals surface area contributed by atoms with Gasteiger partial charge in [-0.1, -0.05) is 6.42 Å². The van der Waals surface area contributed by atoms with E-state index in [1.807, 2.05) is 4.90 Å². The molecule has 0 saturated carbocycles. The molecule has 20 heavy (non-hydrogen) atoms. The van der Waals surface area contributed by atoms with Crippen molar-refractivity contribution in [3.8, 4) is 5.75 Å². The summed E-state index contributed by atoms with van der Waals surface area (Å²) in [4.78, 5) is 20.7. The second kappa shape index (κ2) is 5.79. The van der Waals surface area contributed by atoms with Crippen LogP contribution in [-0.4, -0.2) is 58.0 Å². The lowest BCUT2D eigenvalue weighted by Crippen LogP contribution is -2.41. The van der Waals surface area contributed by atoms with Gasteiger partial charge in [-0.05, 0) is 44.5 Å². The summed E-state index contributed by atoms with van der Waals surface area (Å²) in [6, 6.07) is 3.62. The van der Waals surface area contributed by atoms with Crippen molar-refractivity contribution in [3.63, 3.8) is 0 Å². The summed E-state index contributed by atoms with van der Waals surface area (Å²) in [6.07, 6.45) is 6.44. The van der Waals surface area contributed by atoms with Crippen LogP contribution in [0.1, 0.15) is 36.2 Å². The molecule has 1 aromatic rings. The number of amides is 1. The van der Waals surface area contributed by atoms with Gasteiger partial charge in [0.25, 0.3) is 5.91 Å². The van der Waals surface area contributed by atoms with Crippen LogP contribution in [0.25, 0.3) is 0 Å². The third kappa shape index (κ3) is 2.63. The van der Waals surface area contributed by atoms with E-state index in [-0.39, 0.29) is 17.4 Å². The van der Waals surface area contributed by atoms with Crippen LogP contribution in [0.3, 0.4) is 0 Å². The molecule has 5 heteroatoms. The predicted molar refractivity (Wildman–Crippen MR) is 75.6 cm³/mol. The molecular weight excluding hydrogens is 254 g/mol. The second-order valence-electron chi connectivity index (χ2n) is 5.66. The summed E-state index contributed by atoms with van der Waals surface area (Å²) in [5, 5.41) is 9.74. The normalized spacial score (nSPS) is 24.0. The molecule has 2 aliphatic heterocycles. The molecule has 3 heterocycles. The smallest absolute Gasteiger partial charge is 0.276 e. The van der Waals surface area contributed by atoms with Crippen molar-refractivity contribution in [1.29, 1.82) is 0 Å². The van der Waals surface area contributed by atoms with Gasteiger partial charge >= 0.3 is 0 Å². The molecule has 2 fully saturated rings. The van der Waals surface area contributed by atoms with Crippen LogP contribution in [0.4, 0.5) is 0 Å². The Morgan fingerprint density at radius 1 is 1.25 bits per heavy atom. The quantitative estimate of drug-likeness (QED) is 0.888. The van der Waals surface area contributed by atoms with Crippen LogP contribution in [0.5, 0.6) is 5.75 Å². The van der Waals surface area contributed by atoms with Crippen molar-refractivity contribution in [2.45, 2.75) is 31.7 Å². The highest BCUT2D eigenvalue weighted by Crippen LogP contribution is 2.23. The maximum Gasteiger partial charge on any atom is 0.276 e. The Morgan fingerprint density at radius 2 is 2.05 bits per heavy atom. The van der Waals surface area contributed by atoms with Gasteiger partial charge in [0.15, 0.2) is 5.69 Å². The van der Waals surface area contributed by atoms with Gasteiger partial charge in [0.1, 0.15) is 5.75 Å². The highest BCUT2D eigenvalue weighted by molar-refractivity contribution is 5.94. The molecule has 0 aliphatic carbocycles. The van der Waals surface area contributed by atoms with Crippen LogP contribution in [-0.2, 0) is 0 Å². The van der Waals surface area contributed by atoms with Gasteiger partial charge in [-0.3, -0.25) is 9.69 Å². The summed E-state index contributed by atoms with van der Waals surface area (Å²) < 4.78 is 0. The third-order valence-electron chi connectivity index (χ3n) is 4.35. The Balaban J connectivity index is 1.65. The van der Waals surface area contributed by atoms with Gasteiger partial charge in [-0.15, -0.1) is 0 Å². The van der Waals surface area contributed by atoms with Crippen LogP contribution in [0.15, 0.2) is 18.3 Å². The third-order valence-corrected chi connectivity index (χ3v) is 4.35. The minimum Gasteiger partial charge on any atom is -0.505 e. The molecule has 1 N–H and O–H groups in total. The van der Waals surface area contributed by atoms with Gasteiger partial charge in [-0.25, -0.2) is 4.98 Å². The van der Waals surface area contributed by atoms with E-state index in [1.54, 1.807) is 12.3 Å². The number of carbonyl (C=O) groups is 1. The van der Waals surface area contributed by atoms with Crippen molar-refractivity contribution in [2.24, 2.45) is 0 Å². The van der Waals surface area contributed by atoms with E-state index < -0.39 is 0 Å². The monoisotopic (exact) mass is 275 g/mol. The largest absolute Gasteiger partial charge is 0.505 e. The van der Waals surface area contributed by atoms with Crippen LogP contribution in [0.2, 0.25) is 0 Å². The molecule has 2 aliphatic rings. The average molecular weight is 275 g/mol. The number of nitrogens with zero attached hydrogens (tertiary/aromatic N) is 3. The first-order chi connectivity index (χ1) is 9.75. The summed E-state index contributed by atoms with van der Waals surface area (Å²) in [5.74, 6) is -0.179. The first kappa shape index (κ1) is 13.4. The van der Waals surface area contributed by atoms with Gasteiger partial charge in [0.05, 0.1) is 0 Å². The number of rotatable bonds is 2. The van der Waals surface area contributed by atoms with Crippen molar-refractivity contribution in [1.82, 2.24) is 14.8 Å². The summed E-state index contributed by atoms with van der Waals surface area (Å²) in [5.41, 5.74) is 0.173. The molecule has 1 amide bonds. The zero-order valence-electron chi connectivity index (χ0n) is 11.7. The standard InChI is InChI=1S/C15H21N3O2/c19-13-5-4-7-16-14(13)15(20)18-10-6-12(11-18)17-8-2-1-3-9-17/h4-5,7,12,19H,1-3,6,8-11H2/t12-/m1/s1. The Bertz CT molecular complexity index is 486. The van der Waals surface area contributed by atoms with Crippen LogP contribution < -0.4 is 0 Å². The zero-order chi connectivity index (χ0) is 13.9. The molecule has 108 valence electrons. The van der Waals surface area contributed by atoms with Gasteiger partial charge in [0.2, 0.25) is 0 Å². The maximum absolute atomic E-state index is 12.4. The summed E-state index contributed by atoms with van der Waals surface area (Å²) in [7, 11) is 0. The lowest BCUT2D eigenvalue weighted by Gasteiger charge is -2.32. The Labute approximate surface area is 119 Å². The van der Waals surface area contributed by atoms with E-state index in [4.69, 9.17) is 0 Å². The second-order valence-corrected chi connectivity index (χ2v) is 5.66. The number of hydrogen-bond donors (Lipinski definition) is 1. The number of aromatic hydroxyl groups is 1. The highest BCUT2D eigenvalue weighted by atomic mass is 16.3. The fourth-order valence-electron chi connectivity index (χ4n) is 3.22. The first-order valence-electron chi connectivity index (χ1n) is 7.43. The van der Waals surface area contributed by atoms with Gasteiger partial charge < -0.3 is 10.0 Å². The van der Waals surface area contributed by atoms with Crippen molar-refractivity contribution < 1.29 is 9.90 Å². The zero-order valence-corrected chi connectivity index (χ0v) is 11.7. The number of likely N-dealkylation sites (tertiary alicyclic amines) is 2. The Kier molecular flexibility index (Phi) is 3.87. The van der Waals surface area contributed by atoms with Crippen molar-refractivity contribution >= 4 is 5.91 Å². The van der Waals surface area contributed by atoms with Crippen LogP contribution >= 0.6 is 0 Å². The summed E-state index contributed by atoms with van der Waals surface area (Å²) in [6.45, 7) is 3.83. The molecule has 1 aromatic heterocycles. The molecule has 3 rings (SSSR count). The lowest BCUT2D eigenvalue weighted by atomic mass is 10.1. The topological polar surface area (TPSA) is 56.7 Å². The number of pyridine rings is 1. The molecule has 5 nitrogen and oxygen atoms in total. The van der Waals surface area contributed by atoms with Gasteiger partial charge in [-0.2, -0.15) is 0 Å². The molecule has 0 bridgehead atoms. The van der Waals surface area contributed by atoms with E-state index in [9.17, 15) is 9.90 Å². The van der Waals surface area contributed by atoms with Gasteiger partial charge in [0, 0.05) is 25.3 Å². The molecule has 2 saturated heterocycles. The molecule has 0 radical (unpaired) electrons. The number of hydrogen-bond acceptors (Lipinski definition) is 4. The number of aromatic nitrogens is 1. The fourth-order valence-corrected chi connectivity index (χ4v) is 3.22. The first-order valence-corrected chi connectivity index (χ1v) is 7.43. The molecule has 0 unspecified atom stereocenters. The molecule has 0 spiro atoms. The SMILES string of the molecule is O=C(c1ncccc1O)N1CC[C@@H](N2CCCCC2)C1. The Hall–Kier alpha value is -1.62. The van der Waals surface area contributed by atoms with Crippen LogP contribution in [0, 0.1) is 0 Å². The highest BCUT2D eigenvalue weighted by Gasteiger charge is 2.32. The van der Waals surface area contributed by atoms with E-state index in [2.05, 4.69) is 9.88 Å². The number of piperidine rings is 1. The minimum absolute atomic E-state index is 0.0288. The maximum atomic E-state index is 12.4. The predicted octanol–water partition coefficient (Wildman–Crippen LogP) is 1.49. The van der Waals surface area contributed by atoms with E-state index in [0.717, 1.165) is 32.6 Å². The summed E-state index contributed by atoms with van der Waals surface area (Å²) >= 11 is 0. The van der Waals surface area contributed by atoms with Crippen molar-refractivity contribution in [2.75, 3.05) is 26.2 Å². The Morgan fingerprint density at radius 3 is 2.80 bits per heavy atom. The van der Waals surface area contributed by atoms with E-state index >= 15 is 0 Å². The average Bonchev–Trinajstić information content (AvgIpc) is 2.98. The molecule has 1 atom stereocenters. The fraction of sp³-hybridized carbons (Fsp3) is 0.600. The lowest BCUT2D eigenvalue weighted by molar-refractivity contribution is 0.0762. The minimum atomic E-state index is -0.150. The molecular formula is C15H21N3O2. The molecule has 0 aromatic carbocycles. The van der Waals surface area contributed by atoms with E-state index in [0.29, 0.717) is 6.04 Å². The number of carbonyl (C=O) groups excluding carboxylic acids is 1. The van der Waals surface area contributed by atoms with Crippen molar-refractivity contribution in [3.05, 3.63) is 24.0 Å². The van der Waals surface area contributed by atoms with E-state index in [1.165, 1.54) is 25.3 Å².